The summed E-state index contributed by atoms with van der Waals surface area (Å²) in [6.45, 7) is 1.40. The third kappa shape index (κ3) is 5.99. The zero-order valence-corrected chi connectivity index (χ0v) is 17.5. The fourth-order valence-electron chi connectivity index (χ4n) is 3.48. The molecule has 0 N–H and O–H groups in total. The van der Waals surface area contributed by atoms with Crippen LogP contribution in [-0.4, -0.2) is 53.5 Å². The van der Waals surface area contributed by atoms with Gasteiger partial charge in [0.25, 0.3) is 0 Å². The molecule has 33 heavy (non-hydrogen) atoms. The van der Waals surface area contributed by atoms with E-state index in [4.69, 9.17) is 0 Å². The van der Waals surface area contributed by atoms with E-state index in [-0.39, 0.29) is 18.1 Å². The molecule has 0 bridgehead atoms. The van der Waals surface area contributed by atoms with Crippen LogP contribution in [0.4, 0.5) is 29.2 Å². The molecule has 11 heteroatoms. The first kappa shape index (κ1) is 22.6. The first-order valence-corrected chi connectivity index (χ1v) is 10.2. The molecule has 2 aromatic carbocycles. The molecule has 0 saturated carbocycles. The van der Waals surface area contributed by atoms with Crippen LogP contribution < -0.4 is 20.2 Å². The molecular formula is C22H21F4N5O2. The first-order valence-electron chi connectivity index (χ1n) is 10.2. The molecule has 0 radical (unpaired) electrons. The van der Waals surface area contributed by atoms with E-state index in [1.54, 1.807) is 24.3 Å². The highest BCUT2D eigenvalue weighted by Crippen LogP contribution is 2.20. The molecule has 0 unspecified atom stereocenters. The Morgan fingerprint density at radius 3 is 2.15 bits per heavy atom. The molecule has 1 aliphatic heterocycles. The van der Waals surface area contributed by atoms with Gasteiger partial charge in [-0.05, 0) is 42.0 Å². The predicted octanol–water partition coefficient (Wildman–Crippen LogP) is 3.09. The van der Waals surface area contributed by atoms with Crippen molar-refractivity contribution in [1.82, 2.24) is 14.5 Å². The Bertz CT molecular complexity index is 1130. The van der Waals surface area contributed by atoms with E-state index in [1.807, 2.05) is 4.90 Å². The number of halogens is 4. The van der Waals surface area contributed by atoms with Crippen LogP contribution >= 0.6 is 0 Å². The molecule has 0 spiro atoms. The van der Waals surface area contributed by atoms with Gasteiger partial charge in [0.05, 0.1) is 6.54 Å². The molecular weight excluding hydrogens is 442 g/mol. The Kier molecular flexibility index (Phi) is 6.47. The second kappa shape index (κ2) is 9.47. The highest BCUT2D eigenvalue weighted by atomic mass is 19.4. The smallest absolute Gasteiger partial charge is 0.422 e. The molecule has 1 aliphatic rings. The van der Waals surface area contributed by atoms with E-state index in [1.165, 1.54) is 35.2 Å². The number of nitrogens with zero attached hydrogens (tertiary/aromatic N) is 5. The van der Waals surface area contributed by atoms with Crippen LogP contribution in [0.25, 0.3) is 0 Å². The highest BCUT2D eigenvalue weighted by Gasteiger charge is 2.28. The zero-order valence-electron chi connectivity index (χ0n) is 17.5. The summed E-state index contributed by atoms with van der Waals surface area (Å²) in [5, 5.41) is 0. The number of aromatic nitrogens is 3. The lowest BCUT2D eigenvalue weighted by Crippen LogP contribution is -2.47. The molecule has 174 valence electrons. The highest BCUT2D eigenvalue weighted by molar-refractivity contribution is 5.48. The van der Waals surface area contributed by atoms with Gasteiger partial charge in [0.1, 0.15) is 17.9 Å². The fraction of sp³-hybridized carbons (Fsp3) is 0.318. The van der Waals surface area contributed by atoms with Gasteiger partial charge in [-0.3, -0.25) is 4.57 Å². The molecule has 1 fully saturated rings. The quantitative estimate of drug-likeness (QED) is 0.524. The molecule has 4 rings (SSSR count). The van der Waals surface area contributed by atoms with Crippen molar-refractivity contribution in [2.75, 3.05) is 42.6 Å². The maximum Gasteiger partial charge on any atom is 0.422 e. The number of benzene rings is 2. The van der Waals surface area contributed by atoms with Crippen LogP contribution in [0.3, 0.4) is 0 Å². The van der Waals surface area contributed by atoms with Gasteiger partial charge in [-0.15, -0.1) is 0 Å². The normalized spacial score (nSPS) is 14.4. The molecule has 0 aliphatic carbocycles. The van der Waals surface area contributed by atoms with Gasteiger partial charge in [-0.2, -0.15) is 18.2 Å². The van der Waals surface area contributed by atoms with E-state index in [0.717, 1.165) is 5.69 Å². The number of ether oxygens (including phenoxy) is 1. The minimum absolute atomic E-state index is 0.0924. The second-order valence-corrected chi connectivity index (χ2v) is 7.57. The summed E-state index contributed by atoms with van der Waals surface area (Å²) < 4.78 is 55.8. The lowest BCUT2D eigenvalue weighted by molar-refractivity contribution is -0.153. The van der Waals surface area contributed by atoms with Crippen LogP contribution in [0, 0.1) is 5.82 Å². The average Bonchev–Trinajstić information content (AvgIpc) is 2.80. The largest absolute Gasteiger partial charge is 0.484 e. The van der Waals surface area contributed by atoms with Crippen LogP contribution in [0.15, 0.2) is 59.7 Å². The summed E-state index contributed by atoms with van der Waals surface area (Å²) in [7, 11) is 0. The van der Waals surface area contributed by atoms with Gasteiger partial charge in [0.2, 0.25) is 5.95 Å². The fourth-order valence-corrected chi connectivity index (χ4v) is 3.48. The van der Waals surface area contributed by atoms with Gasteiger partial charge in [0.15, 0.2) is 6.61 Å². The van der Waals surface area contributed by atoms with Crippen molar-refractivity contribution in [3.8, 4) is 5.75 Å². The maximum absolute atomic E-state index is 13.1. The van der Waals surface area contributed by atoms with Crippen molar-refractivity contribution >= 4 is 11.6 Å². The van der Waals surface area contributed by atoms with Gasteiger partial charge in [-0.1, -0.05) is 12.1 Å². The summed E-state index contributed by atoms with van der Waals surface area (Å²) >= 11 is 0. The lowest BCUT2D eigenvalue weighted by atomic mass is 10.2. The molecule has 3 aromatic rings. The summed E-state index contributed by atoms with van der Waals surface area (Å²) in [4.78, 5) is 24.9. The number of rotatable bonds is 6. The van der Waals surface area contributed by atoms with Crippen molar-refractivity contribution in [2.24, 2.45) is 0 Å². The van der Waals surface area contributed by atoms with Gasteiger partial charge in [-0.25, -0.2) is 14.2 Å². The Balaban J connectivity index is 1.35. The number of piperazine rings is 1. The van der Waals surface area contributed by atoms with Crippen molar-refractivity contribution in [3.63, 3.8) is 0 Å². The molecule has 1 saturated heterocycles. The number of hydrogen-bond donors (Lipinski definition) is 0. The van der Waals surface area contributed by atoms with Crippen molar-refractivity contribution in [3.05, 3.63) is 76.7 Å². The molecule has 7 nitrogen and oxygen atoms in total. The van der Waals surface area contributed by atoms with E-state index in [2.05, 4.69) is 19.6 Å². The van der Waals surface area contributed by atoms with Gasteiger partial charge in [0, 0.05) is 31.9 Å². The molecule has 0 atom stereocenters. The van der Waals surface area contributed by atoms with Crippen molar-refractivity contribution < 1.29 is 22.3 Å². The van der Waals surface area contributed by atoms with Gasteiger partial charge < -0.3 is 14.5 Å². The average molecular weight is 463 g/mol. The molecule has 2 heterocycles. The van der Waals surface area contributed by atoms with Crippen molar-refractivity contribution in [1.29, 1.82) is 0 Å². The van der Waals surface area contributed by atoms with Crippen LogP contribution in [0.1, 0.15) is 5.56 Å². The summed E-state index contributed by atoms with van der Waals surface area (Å²) in [6.07, 6.45) is -3.00. The summed E-state index contributed by atoms with van der Waals surface area (Å²) in [6, 6.07) is 12.3. The van der Waals surface area contributed by atoms with E-state index in [9.17, 15) is 22.4 Å². The van der Waals surface area contributed by atoms with E-state index >= 15 is 0 Å². The Morgan fingerprint density at radius 2 is 1.55 bits per heavy atom. The SMILES string of the molecule is O=c1nc(N2CCN(c3ccc(F)cc3)CC2)ncn1Cc1ccc(OCC(F)(F)F)cc1. The van der Waals surface area contributed by atoms with E-state index in [0.29, 0.717) is 37.7 Å². The number of alkyl halides is 3. The van der Waals surface area contributed by atoms with E-state index < -0.39 is 18.5 Å². The Labute approximate surface area is 186 Å². The standard InChI is InChI=1S/C22H21F4N5O2/c23-17-3-5-18(6-4-17)29-9-11-30(12-10-29)20-27-15-31(21(32)28-20)13-16-1-7-19(8-2-16)33-14-22(24,25)26/h1-8,15H,9-14H2. The minimum Gasteiger partial charge on any atom is -0.484 e. The predicted molar refractivity (Wildman–Crippen MR) is 114 cm³/mol. The second-order valence-electron chi connectivity index (χ2n) is 7.57. The zero-order chi connectivity index (χ0) is 23.4. The van der Waals surface area contributed by atoms with Gasteiger partial charge >= 0.3 is 11.9 Å². The lowest BCUT2D eigenvalue weighted by Gasteiger charge is -2.36. The monoisotopic (exact) mass is 463 g/mol. The number of anilines is 2. The number of hydrogen-bond acceptors (Lipinski definition) is 6. The summed E-state index contributed by atoms with van der Waals surface area (Å²) in [5.41, 5.74) is 1.15. The molecule has 0 amide bonds. The first-order chi connectivity index (χ1) is 15.8. The Morgan fingerprint density at radius 1 is 0.909 bits per heavy atom. The third-order valence-corrected chi connectivity index (χ3v) is 5.19. The van der Waals surface area contributed by atoms with Crippen LogP contribution in [-0.2, 0) is 6.54 Å². The Hall–Kier alpha value is -3.63. The topological polar surface area (TPSA) is 63.5 Å². The van der Waals surface area contributed by atoms with Crippen molar-refractivity contribution in [2.45, 2.75) is 12.7 Å². The van der Waals surface area contributed by atoms with Crippen LogP contribution in [0.2, 0.25) is 0 Å². The maximum atomic E-state index is 13.1. The molecule has 1 aromatic heterocycles. The van der Waals surface area contributed by atoms with Crippen LogP contribution in [0.5, 0.6) is 5.75 Å². The minimum atomic E-state index is -4.40. The summed E-state index contributed by atoms with van der Waals surface area (Å²) in [5.74, 6) is 0.151. The third-order valence-electron chi connectivity index (χ3n) is 5.19.